The average Bonchev–Trinajstić information content (AvgIpc) is 2.02. The summed E-state index contributed by atoms with van der Waals surface area (Å²) in [5, 5.41) is 0. The maximum atomic E-state index is 6.16. The van der Waals surface area contributed by atoms with Gasteiger partial charge < -0.3 is 4.43 Å². The first kappa shape index (κ1) is 12.0. The molecule has 0 aromatic carbocycles. The highest BCUT2D eigenvalue weighted by Crippen LogP contribution is 2.21. The molecular formula is C12H24OSi. The maximum absolute atomic E-state index is 6.16. The van der Waals surface area contributed by atoms with Crippen molar-refractivity contribution in [2.45, 2.75) is 64.8 Å². The molecule has 0 saturated carbocycles. The second-order valence-corrected chi connectivity index (χ2v) is 9.84. The Morgan fingerprint density at radius 1 is 1.29 bits per heavy atom. The third kappa shape index (κ3) is 4.96. The Kier molecular flexibility index (Phi) is 4.39. The molecule has 1 aliphatic carbocycles. The molecule has 0 saturated heterocycles. The van der Waals surface area contributed by atoms with Crippen LogP contribution in [-0.4, -0.2) is 14.4 Å². The van der Waals surface area contributed by atoms with E-state index in [2.05, 4.69) is 32.6 Å². The van der Waals surface area contributed by atoms with E-state index in [0.717, 1.165) is 6.42 Å². The monoisotopic (exact) mass is 212 g/mol. The molecule has 0 spiro atoms. The molecule has 1 unspecified atom stereocenters. The van der Waals surface area contributed by atoms with Crippen molar-refractivity contribution in [1.29, 1.82) is 0 Å². The zero-order valence-corrected chi connectivity index (χ0v) is 11.1. The first-order chi connectivity index (χ1) is 6.47. The number of hydrogen-bond donors (Lipinski definition) is 0. The van der Waals surface area contributed by atoms with Crippen molar-refractivity contribution in [2.75, 3.05) is 0 Å². The first-order valence-corrected chi connectivity index (χ1v) is 9.22. The molecule has 1 nitrogen and oxygen atoms in total. The highest BCUT2D eigenvalue weighted by molar-refractivity contribution is 6.69. The molecule has 0 aromatic heterocycles. The van der Waals surface area contributed by atoms with Crippen LogP contribution in [0.25, 0.3) is 0 Å². The van der Waals surface area contributed by atoms with Gasteiger partial charge in [0.2, 0.25) is 0 Å². The van der Waals surface area contributed by atoms with Gasteiger partial charge in [0.1, 0.15) is 0 Å². The summed E-state index contributed by atoms with van der Waals surface area (Å²) >= 11 is 0. The summed E-state index contributed by atoms with van der Waals surface area (Å²) in [6.07, 6.45) is 9.24. The number of allylic oxidation sites excluding steroid dienone is 1. The van der Waals surface area contributed by atoms with E-state index >= 15 is 0 Å². The van der Waals surface area contributed by atoms with Gasteiger partial charge in [-0.3, -0.25) is 0 Å². The minimum Gasteiger partial charge on any atom is -0.414 e. The van der Waals surface area contributed by atoms with Crippen LogP contribution in [0.3, 0.4) is 0 Å². The van der Waals surface area contributed by atoms with Gasteiger partial charge >= 0.3 is 0 Å². The molecular weight excluding hydrogens is 188 g/mol. The summed E-state index contributed by atoms with van der Waals surface area (Å²) in [5.41, 5.74) is 1.55. The summed E-state index contributed by atoms with van der Waals surface area (Å²) in [4.78, 5) is 0. The number of rotatable bonds is 2. The van der Waals surface area contributed by atoms with Crippen LogP contribution in [0.2, 0.25) is 19.6 Å². The van der Waals surface area contributed by atoms with Gasteiger partial charge in [0.25, 0.3) is 0 Å². The lowest BCUT2D eigenvalue weighted by molar-refractivity contribution is 0.181. The van der Waals surface area contributed by atoms with E-state index < -0.39 is 8.32 Å². The lowest BCUT2D eigenvalue weighted by Gasteiger charge is -2.27. The SMILES string of the molecule is C/C1=C/CC(O[Si](C)(C)C)CCCC1. The Morgan fingerprint density at radius 2 is 2.00 bits per heavy atom. The molecule has 1 aliphatic rings. The minimum absolute atomic E-state index is 0.497. The van der Waals surface area contributed by atoms with E-state index in [9.17, 15) is 0 Å². The van der Waals surface area contributed by atoms with Crippen LogP contribution >= 0.6 is 0 Å². The molecule has 0 radical (unpaired) electrons. The fourth-order valence-electron chi connectivity index (χ4n) is 1.94. The van der Waals surface area contributed by atoms with Crippen molar-refractivity contribution in [3.05, 3.63) is 11.6 Å². The van der Waals surface area contributed by atoms with Crippen LogP contribution in [0.15, 0.2) is 11.6 Å². The summed E-state index contributed by atoms with van der Waals surface area (Å²) < 4.78 is 6.16. The Balaban J connectivity index is 2.48. The van der Waals surface area contributed by atoms with Crippen LogP contribution in [-0.2, 0) is 4.43 Å². The van der Waals surface area contributed by atoms with E-state index in [0.29, 0.717) is 6.10 Å². The van der Waals surface area contributed by atoms with Crippen molar-refractivity contribution >= 4 is 8.32 Å². The molecule has 0 bridgehead atoms. The molecule has 0 fully saturated rings. The molecule has 2 heteroatoms. The molecule has 0 aliphatic heterocycles. The minimum atomic E-state index is -1.33. The highest BCUT2D eigenvalue weighted by atomic mass is 28.4. The smallest absolute Gasteiger partial charge is 0.184 e. The van der Waals surface area contributed by atoms with Gasteiger partial charge in [0.05, 0.1) is 0 Å². The molecule has 1 atom stereocenters. The quantitative estimate of drug-likeness (QED) is 0.494. The summed E-state index contributed by atoms with van der Waals surface area (Å²) in [6, 6.07) is 0. The summed E-state index contributed by atoms with van der Waals surface area (Å²) in [6.45, 7) is 9.09. The Hall–Kier alpha value is -0.0831. The fraction of sp³-hybridized carbons (Fsp3) is 0.833. The van der Waals surface area contributed by atoms with Gasteiger partial charge in [-0.05, 0) is 52.2 Å². The van der Waals surface area contributed by atoms with Crippen LogP contribution in [0.5, 0.6) is 0 Å². The van der Waals surface area contributed by atoms with Crippen molar-refractivity contribution in [3.8, 4) is 0 Å². The third-order valence-electron chi connectivity index (χ3n) is 2.60. The average molecular weight is 212 g/mol. The zero-order chi connectivity index (χ0) is 10.6. The maximum Gasteiger partial charge on any atom is 0.184 e. The van der Waals surface area contributed by atoms with Crippen LogP contribution < -0.4 is 0 Å². The predicted octanol–water partition coefficient (Wildman–Crippen LogP) is 4.12. The standard InChI is InChI=1S/C12H24OSi/c1-11-7-5-6-8-12(10-9-11)13-14(2,3)4/h9,12H,5-8,10H2,1-4H3/b11-9-. The van der Waals surface area contributed by atoms with Gasteiger partial charge in [-0.1, -0.05) is 18.1 Å². The van der Waals surface area contributed by atoms with E-state index in [1.807, 2.05) is 0 Å². The third-order valence-corrected chi connectivity index (χ3v) is 3.64. The molecule has 0 heterocycles. The highest BCUT2D eigenvalue weighted by Gasteiger charge is 2.20. The van der Waals surface area contributed by atoms with Crippen LogP contribution in [0.1, 0.15) is 39.0 Å². The molecule has 14 heavy (non-hydrogen) atoms. The van der Waals surface area contributed by atoms with Crippen LogP contribution in [0.4, 0.5) is 0 Å². The van der Waals surface area contributed by atoms with Crippen molar-refractivity contribution in [3.63, 3.8) is 0 Å². The lowest BCUT2D eigenvalue weighted by Crippen LogP contribution is -2.32. The fourth-order valence-corrected chi connectivity index (χ4v) is 3.15. The van der Waals surface area contributed by atoms with Gasteiger partial charge in [-0.25, -0.2) is 0 Å². The van der Waals surface area contributed by atoms with Crippen LogP contribution in [0, 0.1) is 0 Å². The molecule has 0 amide bonds. The number of hydrogen-bond acceptors (Lipinski definition) is 1. The predicted molar refractivity (Wildman–Crippen MR) is 65.1 cm³/mol. The van der Waals surface area contributed by atoms with E-state index in [1.165, 1.54) is 25.7 Å². The topological polar surface area (TPSA) is 9.23 Å². The van der Waals surface area contributed by atoms with Gasteiger partial charge in [0.15, 0.2) is 8.32 Å². The Morgan fingerprint density at radius 3 is 2.64 bits per heavy atom. The van der Waals surface area contributed by atoms with Crippen molar-refractivity contribution in [1.82, 2.24) is 0 Å². The Labute approximate surface area is 89.7 Å². The second kappa shape index (κ2) is 5.13. The lowest BCUT2D eigenvalue weighted by atomic mass is 9.99. The van der Waals surface area contributed by atoms with E-state index in [4.69, 9.17) is 4.43 Å². The van der Waals surface area contributed by atoms with Crippen molar-refractivity contribution in [2.24, 2.45) is 0 Å². The molecule has 82 valence electrons. The Bertz CT molecular complexity index is 203. The van der Waals surface area contributed by atoms with Gasteiger partial charge in [-0.2, -0.15) is 0 Å². The largest absolute Gasteiger partial charge is 0.414 e. The van der Waals surface area contributed by atoms with Gasteiger partial charge in [0, 0.05) is 6.10 Å². The summed E-state index contributed by atoms with van der Waals surface area (Å²) in [7, 11) is -1.33. The van der Waals surface area contributed by atoms with E-state index in [1.54, 1.807) is 5.57 Å². The summed E-state index contributed by atoms with van der Waals surface area (Å²) in [5.74, 6) is 0. The first-order valence-electron chi connectivity index (χ1n) is 5.81. The van der Waals surface area contributed by atoms with Gasteiger partial charge in [-0.15, -0.1) is 0 Å². The van der Waals surface area contributed by atoms with Crippen molar-refractivity contribution < 1.29 is 4.43 Å². The molecule has 1 rings (SSSR count). The molecule has 0 N–H and O–H groups in total. The normalized spacial score (nSPS) is 28.9. The van der Waals surface area contributed by atoms with E-state index in [-0.39, 0.29) is 0 Å². The zero-order valence-electron chi connectivity index (χ0n) is 10.1. The molecule has 0 aromatic rings. The second-order valence-electron chi connectivity index (χ2n) is 5.38.